The molecule has 2 aromatic rings. The number of anilines is 1. The van der Waals surface area contributed by atoms with Gasteiger partial charge in [0, 0.05) is 51.5 Å². The van der Waals surface area contributed by atoms with Crippen LogP contribution in [-0.2, 0) is 11.2 Å². The van der Waals surface area contributed by atoms with E-state index in [1.54, 1.807) is 35.9 Å². The van der Waals surface area contributed by atoms with Crippen molar-refractivity contribution >= 4 is 17.8 Å². The Morgan fingerprint density at radius 2 is 1.64 bits per heavy atom. The van der Waals surface area contributed by atoms with Gasteiger partial charge in [-0.3, -0.25) is 19.6 Å². The number of nitrogens with two attached hydrogens (primary N) is 2. The van der Waals surface area contributed by atoms with Crippen molar-refractivity contribution in [3.63, 3.8) is 0 Å². The Balaban J connectivity index is 1.17. The molecular formula is C31H46N8O3. The quantitative estimate of drug-likeness (QED) is 0.411. The number of hydrogen-bond donors (Lipinski definition) is 3. The largest absolute Gasteiger partial charge is 0.354 e. The van der Waals surface area contributed by atoms with Crippen LogP contribution in [0.2, 0.25) is 0 Å². The normalized spacial score (nSPS) is 23.2. The molecule has 3 heterocycles. The van der Waals surface area contributed by atoms with Crippen molar-refractivity contribution in [1.29, 1.82) is 0 Å². The first-order valence-corrected chi connectivity index (χ1v) is 15.2. The van der Waals surface area contributed by atoms with E-state index in [1.165, 1.54) is 10.1 Å². The van der Waals surface area contributed by atoms with E-state index < -0.39 is 11.2 Å². The second kappa shape index (κ2) is 12.1. The smallest absolute Gasteiger partial charge is 0.338 e. The van der Waals surface area contributed by atoms with Gasteiger partial charge >= 0.3 is 11.7 Å². The van der Waals surface area contributed by atoms with Crippen molar-refractivity contribution in [3.05, 3.63) is 52.6 Å². The lowest BCUT2D eigenvalue weighted by molar-refractivity contribution is -0.137. The molecule has 2 aliphatic heterocycles. The molecule has 1 aromatic carbocycles. The van der Waals surface area contributed by atoms with Gasteiger partial charge in [0.2, 0.25) is 5.91 Å². The van der Waals surface area contributed by atoms with Crippen LogP contribution in [0, 0.1) is 23.7 Å². The van der Waals surface area contributed by atoms with Gasteiger partial charge in [-0.05, 0) is 80.7 Å². The van der Waals surface area contributed by atoms with E-state index >= 15 is 0 Å². The summed E-state index contributed by atoms with van der Waals surface area (Å²) in [6.07, 6.45) is 3.77. The number of hydrogen-bond acceptors (Lipinski definition) is 7. The first kappa shape index (κ1) is 30.2. The van der Waals surface area contributed by atoms with Gasteiger partial charge in [-0.15, -0.1) is 0 Å². The number of amides is 3. The molecule has 0 spiro atoms. The summed E-state index contributed by atoms with van der Waals surface area (Å²) in [5.41, 5.74) is 12.4. The molecule has 3 fully saturated rings. The summed E-state index contributed by atoms with van der Waals surface area (Å²) in [7, 11) is 0. The van der Waals surface area contributed by atoms with Gasteiger partial charge in [0.25, 0.3) is 0 Å². The Hall–Kier alpha value is -3.28. The Kier molecular flexibility index (Phi) is 8.73. The molecule has 0 bridgehead atoms. The predicted molar refractivity (Wildman–Crippen MR) is 163 cm³/mol. The molecule has 0 radical (unpaired) electrons. The van der Waals surface area contributed by atoms with Gasteiger partial charge < -0.3 is 21.3 Å². The van der Waals surface area contributed by atoms with Crippen LogP contribution in [0.15, 0.2) is 41.3 Å². The number of carbonyl (C=O) groups is 2. The first-order valence-electron chi connectivity index (χ1n) is 15.2. The zero-order valence-electron chi connectivity index (χ0n) is 25.3. The van der Waals surface area contributed by atoms with Gasteiger partial charge in [-0.1, -0.05) is 26.0 Å². The first-order chi connectivity index (χ1) is 19.9. The van der Waals surface area contributed by atoms with Crippen molar-refractivity contribution < 1.29 is 9.59 Å². The molecule has 3 aliphatic rings. The van der Waals surface area contributed by atoms with Crippen LogP contribution in [-0.4, -0.2) is 93.6 Å². The van der Waals surface area contributed by atoms with Crippen molar-refractivity contribution in [2.75, 3.05) is 51.1 Å². The third kappa shape index (κ3) is 6.68. The minimum atomic E-state index is -0.947. The van der Waals surface area contributed by atoms with Gasteiger partial charge in [0.1, 0.15) is 5.82 Å². The summed E-state index contributed by atoms with van der Waals surface area (Å²) in [5, 5.41) is 2.71. The maximum Gasteiger partial charge on any atom is 0.354 e. The monoisotopic (exact) mass is 578 g/mol. The van der Waals surface area contributed by atoms with E-state index in [0.717, 1.165) is 55.9 Å². The summed E-state index contributed by atoms with van der Waals surface area (Å²) in [5.74, 6) is 2.96. The SMILES string of the molecule is CC(C)CC(Cc1ccc(-n2ccc(NC(=O)N3CCN(C(=O)C(C)(C)N)CC3)nc2=O)cc1)N1C[C@@H]2C(CN)[C@@H]2C1. The molecule has 228 valence electrons. The van der Waals surface area contributed by atoms with E-state index in [2.05, 4.69) is 41.2 Å². The van der Waals surface area contributed by atoms with E-state index in [-0.39, 0.29) is 17.8 Å². The maximum atomic E-state index is 12.9. The molecule has 11 nitrogen and oxygen atoms in total. The summed E-state index contributed by atoms with van der Waals surface area (Å²) < 4.78 is 1.48. The van der Waals surface area contributed by atoms with Crippen LogP contribution in [0.4, 0.5) is 10.6 Å². The van der Waals surface area contributed by atoms with Crippen LogP contribution < -0.4 is 22.5 Å². The van der Waals surface area contributed by atoms with Crippen LogP contribution in [0.25, 0.3) is 5.69 Å². The fourth-order valence-corrected chi connectivity index (χ4v) is 6.68. The summed E-state index contributed by atoms with van der Waals surface area (Å²) in [6.45, 7) is 12.6. The van der Waals surface area contributed by atoms with Crippen LogP contribution in [0.5, 0.6) is 0 Å². The van der Waals surface area contributed by atoms with E-state index in [1.807, 2.05) is 12.1 Å². The van der Waals surface area contributed by atoms with Crippen LogP contribution in [0.1, 0.15) is 39.7 Å². The van der Waals surface area contributed by atoms with Crippen molar-refractivity contribution in [3.8, 4) is 5.69 Å². The molecule has 42 heavy (non-hydrogen) atoms. The number of nitrogens with zero attached hydrogens (tertiary/aromatic N) is 5. The van der Waals surface area contributed by atoms with Gasteiger partial charge in [0.15, 0.2) is 0 Å². The van der Waals surface area contributed by atoms with Crippen molar-refractivity contribution in [2.24, 2.45) is 35.1 Å². The average Bonchev–Trinajstić information content (AvgIpc) is 3.42. The number of likely N-dealkylation sites (tertiary alicyclic amines) is 1. The minimum absolute atomic E-state index is 0.139. The zero-order valence-corrected chi connectivity index (χ0v) is 25.3. The van der Waals surface area contributed by atoms with Crippen molar-refractivity contribution in [2.45, 2.75) is 52.1 Å². The molecule has 4 atom stereocenters. The number of piperidine rings is 1. The number of piperazine rings is 1. The number of rotatable bonds is 9. The number of fused-ring (bicyclic) bond motifs is 1. The Bertz CT molecular complexity index is 1310. The standard InChI is InChI=1S/C31H46N8O3/c1-20(2)15-23(38-18-25-24(17-32)26(25)19-38)16-21-5-7-22(8-6-21)39-10-9-27(35-30(39)42)34-29(41)37-13-11-36(12-14-37)28(40)31(3,4)33/h5-10,20,23-26H,11-19,32-33H2,1-4H3,(H,34,35,41,42)/t23?,24?,25-,26+. The Morgan fingerprint density at radius 3 is 2.19 bits per heavy atom. The van der Waals surface area contributed by atoms with Crippen LogP contribution in [0.3, 0.4) is 0 Å². The van der Waals surface area contributed by atoms with E-state index in [0.29, 0.717) is 38.1 Å². The minimum Gasteiger partial charge on any atom is -0.338 e. The lowest BCUT2D eigenvalue weighted by Gasteiger charge is -2.37. The average molecular weight is 579 g/mol. The highest BCUT2D eigenvalue weighted by atomic mass is 16.2. The number of urea groups is 1. The molecular weight excluding hydrogens is 532 g/mol. The molecule has 11 heteroatoms. The molecule has 1 aromatic heterocycles. The third-order valence-corrected chi connectivity index (χ3v) is 9.06. The summed E-state index contributed by atoms with van der Waals surface area (Å²) in [6, 6.07) is 9.88. The van der Waals surface area contributed by atoms with E-state index in [4.69, 9.17) is 11.5 Å². The van der Waals surface area contributed by atoms with Crippen LogP contribution >= 0.6 is 0 Å². The molecule has 5 N–H and O–H groups in total. The highest BCUT2D eigenvalue weighted by molar-refractivity contribution is 5.89. The van der Waals surface area contributed by atoms with E-state index in [9.17, 15) is 14.4 Å². The number of carbonyl (C=O) groups excluding carboxylic acids is 2. The molecule has 5 rings (SSSR count). The predicted octanol–water partition coefficient (Wildman–Crippen LogP) is 1.74. The summed E-state index contributed by atoms with van der Waals surface area (Å²) >= 11 is 0. The maximum absolute atomic E-state index is 12.9. The Morgan fingerprint density at radius 1 is 1.02 bits per heavy atom. The molecule has 2 unspecified atom stereocenters. The van der Waals surface area contributed by atoms with Gasteiger partial charge in [-0.25, -0.2) is 9.59 Å². The third-order valence-electron chi connectivity index (χ3n) is 9.06. The zero-order chi connectivity index (χ0) is 30.2. The fraction of sp³-hybridized carbons (Fsp3) is 0.613. The summed E-state index contributed by atoms with van der Waals surface area (Å²) in [4.78, 5) is 48.1. The molecule has 1 saturated carbocycles. The second-order valence-corrected chi connectivity index (χ2v) is 13.2. The number of nitrogens with one attached hydrogen (secondary N) is 1. The lowest BCUT2D eigenvalue weighted by Crippen LogP contribution is -2.58. The van der Waals surface area contributed by atoms with Crippen molar-refractivity contribution in [1.82, 2.24) is 24.3 Å². The highest BCUT2D eigenvalue weighted by Gasteiger charge is 2.55. The molecule has 1 aliphatic carbocycles. The van der Waals surface area contributed by atoms with Gasteiger partial charge in [0.05, 0.1) is 11.2 Å². The fourth-order valence-electron chi connectivity index (χ4n) is 6.68. The number of benzene rings is 1. The molecule has 3 amide bonds. The topological polar surface area (TPSA) is 143 Å². The highest BCUT2D eigenvalue weighted by Crippen LogP contribution is 2.51. The molecule has 2 saturated heterocycles. The lowest BCUT2D eigenvalue weighted by atomic mass is 9.95. The number of aromatic nitrogens is 2. The Labute approximate surface area is 248 Å². The second-order valence-electron chi connectivity index (χ2n) is 13.2. The van der Waals surface area contributed by atoms with Gasteiger partial charge in [-0.2, -0.15) is 4.98 Å².